The molecule has 0 saturated carbocycles. The minimum atomic E-state index is -0.327. The monoisotopic (exact) mass is 322 g/mol. The van der Waals surface area contributed by atoms with Gasteiger partial charge in [0.2, 0.25) is 0 Å². The Morgan fingerprint density at radius 3 is 3.04 bits per heavy atom. The number of hydrogen-bond donors (Lipinski definition) is 1. The number of pyridine rings is 1. The van der Waals surface area contributed by atoms with Gasteiger partial charge in [0.15, 0.2) is 0 Å². The van der Waals surface area contributed by atoms with Gasteiger partial charge < -0.3 is 14.5 Å². The van der Waals surface area contributed by atoms with E-state index in [1.54, 1.807) is 18.6 Å². The molecule has 2 aromatic heterocycles. The van der Waals surface area contributed by atoms with Crippen molar-refractivity contribution >= 4 is 16.8 Å². The van der Waals surface area contributed by atoms with Gasteiger partial charge in [0, 0.05) is 31.0 Å². The molecule has 1 aromatic carbocycles. The lowest BCUT2D eigenvalue weighted by Gasteiger charge is -2.25. The van der Waals surface area contributed by atoms with E-state index < -0.39 is 0 Å². The van der Waals surface area contributed by atoms with E-state index in [0.717, 1.165) is 23.7 Å². The highest BCUT2D eigenvalue weighted by atomic mass is 16.2. The van der Waals surface area contributed by atoms with Gasteiger partial charge in [-0.25, -0.2) is 4.98 Å². The maximum Gasteiger partial charge on any atom is 0.261 e. The van der Waals surface area contributed by atoms with Crippen LogP contribution in [0.2, 0.25) is 0 Å². The van der Waals surface area contributed by atoms with Gasteiger partial charge in [-0.15, -0.1) is 0 Å². The number of nitrogens with one attached hydrogen (secondary N) is 1. The Morgan fingerprint density at radius 1 is 1.33 bits per heavy atom. The molecule has 3 aromatic rings. The first-order chi connectivity index (χ1) is 11.7. The van der Waals surface area contributed by atoms with Crippen LogP contribution in [0.5, 0.6) is 0 Å². The fourth-order valence-corrected chi connectivity index (χ4v) is 3.39. The normalized spacial score (nSPS) is 17.5. The molecule has 122 valence electrons. The fraction of sp³-hybridized carbons (Fsp3) is 0.278. The van der Waals surface area contributed by atoms with E-state index in [9.17, 15) is 9.59 Å². The second kappa shape index (κ2) is 5.96. The highest BCUT2D eigenvalue weighted by Gasteiger charge is 2.30. The number of carbonyl (C=O) groups excluding carboxylic acids is 1. The van der Waals surface area contributed by atoms with Gasteiger partial charge in [-0.05, 0) is 30.4 Å². The van der Waals surface area contributed by atoms with Crippen LogP contribution in [0.15, 0.2) is 53.8 Å². The number of nitrogens with zero attached hydrogens (tertiary/aromatic N) is 3. The Bertz CT molecular complexity index is 930. The average Bonchev–Trinajstić information content (AvgIpc) is 3.26. The van der Waals surface area contributed by atoms with E-state index in [1.807, 2.05) is 39.9 Å². The van der Waals surface area contributed by atoms with Crippen LogP contribution in [-0.2, 0) is 6.54 Å². The quantitative estimate of drug-likeness (QED) is 0.802. The number of benzene rings is 1. The van der Waals surface area contributed by atoms with Crippen molar-refractivity contribution in [3.63, 3.8) is 0 Å². The smallest absolute Gasteiger partial charge is 0.261 e. The number of fused-ring (bicyclic) bond motifs is 1. The third-order valence-corrected chi connectivity index (χ3v) is 4.60. The molecule has 6 heteroatoms. The molecule has 1 fully saturated rings. The van der Waals surface area contributed by atoms with Crippen LogP contribution in [0.25, 0.3) is 10.9 Å². The lowest BCUT2D eigenvalue weighted by atomic mass is 10.1. The molecule has 24 heavy (non-hydrogen) atoms. The zero-order valence-electron chi connectivity index (χ0n) is 13.2. The highest BCUT2D eigenvalue weighted by molar-refractivity contribution is 5.97. The molecule has 0 radical (unpaired) electrons. The topological polar surface area (TPSA) is 71.0 Å². The van der Waals surface area contributed by atoms with Crippen LogP contribution in [-0.4, -0.2) is 37.9 Å². The average molecular weight is 322 g/mol. The molecule has 1 amide bonds. The number of para-hydroxylation sites is 1. The Morgan fingerprint density at radius 2 is 2.21 bits per heavy atom. The first-order valence-electron chi connectivity index (χ1n) is 8.11. The van der Waals surface area contributed by atoms with Crippen molar-refractivity contribution in [2.45, 2.75) is 25.4 Å². The van der Waals surface area contributed by atoms with Gasteiger partial charge in [0.05, 0.1) is 12.4 Å². The van der Waals surface area contributed by atoms with Gasteiger partial charge in [0.25, 0.3) is 11.5 Å². The third kappa shape index (κ3) is 2.60. The van der Waals surface area contributed by atoms with Crippen molar-refractivity contribution in [1.29, 1.82) is 0 Å². The molecular weight excluding hydrogens is 304 g/mol. The molecule has 3 heterocycles. The summed E-state index contributed by atoms with van der Waals surface area (Å²) in [5.74, 6) is -0.190. The first kappa shape index (κ1) is 14.7. The summed E-state index contributed by atoms with van der Waals surface area (Å²) in [6.45, 7) is 1.39. The molecule has 4 rings (SSSR count). The summed E-state index contributed by atoms with van der Waals surface area (Å²) in [5.41, 5.74) is 0.633. The molecule has 1 aliphatic rings. The van der Waals surface area contributed by atoms with Crippen molar-refractivity contribution < 1.29 is 4.79 Å². The molecule has 0 aliphatic carbocycles. The van der Waals surface area contributed by atoms with E-state index in [4.69, 9.17) is 0 Å². The second-order valence-corrected chi connectivity index (χ2v) is 6.15. The standard InChI is InChI=1S/C18H18N4O2/c23-17-15(10-13-4-1-2-6-16(13)20-17)18(24)22-8-3-5-14(22)11-21-9-7-19-12-21/h1-2,4,6-7,9-10,12,14H,3,5,8,11H2,(H,20,23)/t14-/m1/s1. The first-order valence-corrected chi connectivity index (χ1v) is 8.11. The zero-order chi connectivity index (χ0) is 16.5. The van der Waals surface area contributed by atoms with Gasteiger partial charge >= 0.3 is 0 Å². The molecule has 0 bridgehead atoms. The zero-order valence-corrected chi connectivity index (χ0v) is 13.2. The largest absolute Gasteiger partial charge is 0.335 e. The van der Waals surface area contributed by atoms with E-state index >= 15 is 0 Å². The molecule has 1 N–H and O–H groups in total. The van der Waals surface area contributed by atoms with Gasteiger partial charge in [0.1, 0.15) is 5.56 Å². The van der Waals surface area contributed by atoms with Crippen molar-refractivity contribution in [1.82, 2.24) is 19.4 Å². The number of aromatic amines is 1. The van der Waals surface area contributed by atoms with Crippen LogP contribution in [0.1, 0.15) is 23.2 Å². The van der Waals surface area contributed by atoms with Crippen molar-refractivity contribution in [3.05, 3.63) is 65.0 Å². The number of likely N-dealkylation sites (tertiary alicyclic amines) is 1. The van der Waals surface area contributed by atoms with E-state index in [-0.39, 0.29) is 23.1 Å². The third-order valence-electron chi connectivity index (χ3n) is 4.60. The fourth-order valence-electron chi connectivity index (χ4n) is 3.39. The predicted molar refractivity (Wildman–Crippen MR) is 90.9 cm³/mol. The molecule has 1 saturated heterocycles. The van der Waals surface area contributed by atoms with Crippen LogP contribution < -0.4 is 5.56 Å². The lowest BCUT2D eigenvalue weighted by Crippen LogP contribution is -2.40. The number of imidazole rings is 1. The summed E-state index contributed by atoms with van der Waals surface area (Å²) in [5, 5.41) is 0.866. The Balaban J connectivity index is 1.65. The summed E-state index contributed by atoms with van der Waals surface area (Å²) < 4.78 is 1.97. The molecule has 6 nitrogen and oxygen atoms in total. The van der Waals surface area contributed by atoms with Crippen LogP contribution in [0, 0.1) is 0 Å². The summed E-state index contributed by atoms with van der Waals surface area (Å²) in [6, 6.07) is 9.28. The Labute approximate surface area is 138 Å². The Hall–Kier alpha value is -2.89. The summed E-state index contributed by atoms with van der Waals surface area (Å²) in [7, 11) is 0. The van der Waals surface area contributed by atoms with Gasteiger partial charge in [-0.2, -0.15) is 0 Å². The summed E-state index contributed by atoms with van der Waals surface area (Å²) >= 11 is 0. The van der Waals surface area contributed by atoms with Crippen LogP contribution in [0.3, 0.4) is 0 Å². The maximum atomic E-state index is 12.9. The van der Waals surface area contributed by atoms with Crippen molar-refractivity contribution in [3.8, 4) is 0 Å². The Kier molecular flexibility index (Phi) is 3.65. The summed E-state index contributed by atoms with van der Waals surface area (Å²) in [6.07, 6.45) is 7.27. The minimum absolute atomic E-state index is 0.0950. The lowest BCUT2D eigenvalue weighted by molar-refractivity contribution is 0.0722. The minimum Gasteiger partial charge on any atom is -0.335 e. The number of H-pyrrole nitrogens is 1. The van der Waals surface area contributed by atoms with Crippen LogP contribution >= 0.6 is 0 Å². The SMILES string of the molecule is O=C(c1cc2ccccc2[nH]c1=O)N1CCC[C@@H]1Cn1ccnc1. The van der Waals surface area contributed by atoms with Crippen molar-refractivity contribution in [2.75, 3.05) is 6.54 Å². The van der Waals surface area contributed by atoms with E-state index in [0.29, 0.717) is 13.1 Å². The second-order valence-electron chi connectivity index (χ2n) is 6.15. The predicted octanol–water partition coefficient (Wildman–Crippen LogP) is 2.03. The van der Waals surface area contributed by atoms with E-state index in [1.165, 1.54) is 0 Å². The maximum absolute atomic E-state index is 12.9. The van der Waals surface area contributed by atoms with E-state index in [2.05, 4.69) is 9.97 Å². The number of rotatable bonds is 3. The van der Waals surface area contributed by atoms with Crippen molar-refractivity contribution in [2.24, 2.45) is 0 Å². The number of hydrogen-bond acceptors (Lipinski definition) is 3. The van der Waals surface area contributed by atoms with Gasteiger partial charge in [-0.3, -0.25) is 9.59 Å². The molecule has 0 spiro atoms. The molecule has 0 unspecified atom stereocenters. The number of aromatic nitrogens is 3. The molecule has 1 atom stereocenters. The molecule has 1 aliphatic heterocycles. The molecular formula is C18H18N4O2. The van der Waals surface area contributed by atoms with Crippen LogP contribution in [0.4, 0.5) is 0 Å². The highest BCUT2D eigenvalue weighted by Crippen LogP contribution is 2.21. The number of carbonyl (C=O) groups is 1. The summed E-state index contributed by atoms with van der Waals surface area (Å²) in [4.78, 5) is 33.9. The van der Waals surface area contributed by atoms with Gasteiger partial charge in [-0.1, -0.05) is 18.2 Å². The number of amides is 1.